The van der Waals surface area contributed by atoms with Crippen LogP contribution in [-0.2, 0) is 4.74 Å². The molecule has 0 aromatic heterocycles. The molecule has 1 heterocycles. The van der Waals surface area contributed by atoms with Gasteiger partial charge in [-0.25, -0.2) is 0 Å². The van der Waals surface area contributed by atoms with Crippen molar-refractivity contribution >= 4 is 0 Å². The van der Waals surface area contributed by atoms with Crippen LogP contribution in [0.15, 0.2) is 0 Å². The minimum absolute atomic E-state index is 0.452. The number of hydrogen-bond donors (Lipinski definition) is 1. The molecule has 1 aliphatic heterocycles. The lowest BCUT2D eigenvalue weighted by Crippen LogP contribution is -2.41. The molecule has 3 heteroatoms. The van der Waals surface area contributed by atoms with Crippen molar-refractivity contribution in [1.82, 2.24) is 4.90 Å². The van der Waals surface area contributed by atoms with Gasteiger partial charge in [0.1, 0.15) is 0 Å². The average molecular weight is 240 g/mol. The van der Waals surface area contributed by atoms with Crippen LogP contribution in [0.1, 0.15) is 45.4 Å². The minimum atomic E-state index is 0.452. The topological polar surface area (TPSA) is 38.5 Å². The summed E-state index contributed by atoms with van der Waals surface area (Å²) in [7, 11) is 0. The summed E-state index contributed by atoms with van der Waals surface area (Å²) in [5.74, 6) is 0. The second kappa shape index (κ2) is 6.17. The number of hydrogen-bond acceptors (Lipinski definition) is 3. The third-order valence-corrected chi connectivity index (χ3v) is 4.69. The van der Waals surface area contributed by atoms with Gasteiger partial charge in [-0.1, -0.05) is 13.3 Å². The maximum atomic E-state index is 5.93. The van der Waals surface area contributed by atoms with Crippen molar-refractivity contribution in [3.05, 3.63) is 0 Å². The standard InChI is InChI=1S/C14H28N2O/c1-2-13-11-16(8-4-10-17-13)9-7-14(12-15)5-3-6-14/h13H,2-12,15H2,1H3. The van der Waals surface area contributed by atoms with Crippen LogP contribution < -0.4 is 5.73 Å². The SMILES string of the molecule is CCC1CN(CCC2(CN)CCC2)CCCO1. The summed E-state index contributed by atoms with van der Waals surface area (Å²) in [5, 5.41) is 0. The molecule has 17 heavy (non-hydrogen) atoms. The molecule has 0 amide bonds. The van der Waals surface area contributed by atoms with E-state index in [2.05, 4.69) is 11.8 Å². The summed E-state index contributed by atoms with van der Waals surface area (Å²) in [4.78, 5) is 2.59. The van der Waals surface area contributed by atoms with E-state index in [0.29, 0.717) is 11.5 Å². The molecule has 0 spiro atoms. The van der Waals surface area contributed by atoms with Gasteiger partial charge in [0.2, 0.25) is 0 Å². The Balaban J connectivity index is 1.77. The molecule has 1 saturated carbocycles. The van der Waals surface area contributed by atoms with Gasteiger partial charge in [0.25, 0.3) is 0 Å². The largest absolute Gasteiger partial charge is 0.377 e. The first-order valence-electron chi connectivity index (χ1n) is 7.32. The van der Waals surface area contributed by atoms with E-state index in [0.717, 1.165) is 26.1 Å². The van der Waals surface area contributed by atoms with E-state index in [1.807, 2.05) is 0 Å². The minimum Gasteiger partial charge on any atom is -0.377 e. The molecule has 100 valence electrons. The lowest BCUT2D eigenvalue weighted by molar-refractivity contribution is 0.0463. The van der Waals surface area contributed by atoms with Gasteiger partial charge < -0.3 is 15.4 Å². The van der Waals surface area contributed by atoms with E-state index in [1.54, 1.807) is 0 Å². The molecule has 3 nitrogen and oxygen atoms in total. The Hall–Kier alpha value is -0.120. The molecular formula is C14H28N2O. The van der Waals surface area contributed by atoms with Gasteiger partial charge in [0, 0.05) is 19.7 Å². The zero-order chi connectivity index (χ0) is 12.1. The summed E-state index contributed by atoms with van der Waals surface area (Å²) < 4.78 is 5.81. The fourth-order valence-electron chi connectivity index (χ4n) is 3.05. The third kappa shape index (κ3) is 3.43. The van der Waals surface area contributed by atoms with Crippen molar-refractivity contribution in [3.63, 3.8) is 0 Å². The zero-order valence-corrected chi connectivity index (χ0v) is 11.3. The predicted molar refractivity (Wildman–Crippen MR) is 71.0 cm³/mol. The number of nitrogens with zero attached hydrogens (tertiary/aromatic N) is 1. The molecule has 1 aliphatic carbocycles. The van der Waals surface area contributed by atoms with Crippen molar-refractivity contribution in [2.75, 3.05) is 32.8 Å². The quantitative estimate of drug-likeness (QED) is 0.799. The van der Waals surface area contributed by atoms with Gasteiger partial charge in [-0.3, -0.25) is 0 Å². The Morgan fingerprint density at radius 3 is 2.76 bits per heavy atom. The Morgan fingerprint density at radius 2 is 2.18 bits per heavy atom. The van der Waals surface area contributed by atoms with Gasteiger partial charge >= 0.3 is 0 Å². The average Bonchev–Trinajstić information content (AvgIpc) is 2.53. The van der Waals surface area contributed by atoms with Gasteiger partial charge in [-0.2, -0.15) is 0 Å². The summed E-state index contributed by atoms with van der Waals surface area (Å²) >= 11 is 0. The van der Waals surface area contributed by atoms with Crippen LogP contribution in [0.4, 0.5) is 0 Å². The van der Waals surface area contributed by atoms with Crippen LogP contribution in [-0.4, -0.2) is 43.8 Å². The van der Waals surface area contributed by atoms with Crippen LogP contribution in [0.5, 0.6) is 0 Å². The number of nitrogens with two attached hydrogens (primary N) is 1. The molecule has 0 aromatic carbocycles. The normalized spacial score (nSPS) is 29.6. The van der Waals surface area contributed by atoms with Gasteiger partial charge in [0.15, 0.2) is 0 Å². The van der Waals surface area contributed by atoms with E-state index in [1.165, 1.54) is 45.2 Å². The molecule has 2 rings (SSSR count). The molecule has 1 atom stereocenters. The highest BCUT2D eigenvalue weighted by atomic mass is 16.5. The van der Waals surface area contributed by atoms with Crippen molar-refractivity contribution in [2.45, 2.75) is 51.6 Å². The van der Waals surface area contributed by atoms with Crippen LogP contribution in [0.25, 0.3) is 0 Å². The fraction of sp³-hybridized carbons (Fsp3) is 1.00. The van der Waals surface area contributed by atoms with Crippen molar-refractivity contribution in [2.24, 2.45) is 11.1 Å². The van der Waals surface area contributed by atoms with Crippen molar-refractivity contribution < 1.29 is 4.74 Å². The fourth-order valence-corrected chi connectivity index (χ4v) is 3.05. The van der Waals surface area contributed by atoms with Gasteiger partial charge in [-0.05, 0) is 50.6 Å². The van der Waals surface area contributed by atoms with E-state index >= 15 is 0 Å². The Morgan fingerprint density at radius 1 is 1.35 bits per heavy atom. The highest BCUT2D eigenvalue weighted by molar-refractivity contribution is 4.89. The third-order valence-electron chi connectivity index (χ3n) is 4.69. The van der Waals surface area contributed by atoms with Crippen LogP contribution in [0.3, 0.4) is 0 Å². The summed E-state index contributed by atoms with van der Waals surface area (Å²) in [6, 6.07) is 0. The Kier molecular flexibility index (Phi) is 4.83. The monoisotopic (exact) mass is 240 g/mol. The molecule has 2 N–H and O–H groups in total. The summed E-state index contributed by atoms with van der Waals surface area (Å²) in [6.07, 6.45) is 8.16. The maximum absolute atomic E-state index is 5.93. The highest BCUT2D eigenvalue weighted by Crippen LogP contribution is 2.42. The van der Waals surface area contributed by atoms with Gasteiger partial charge in [-0.15, -0.1) is 0 Å². The van der Waals surface area contributed by atoms with E-state index in [9.17, 15) is 0 Å². The first kappa shape index (κ1) is 13.3. The predicted octanol–water partition coefficient (Wildman–Crippen LogP) is 2.01. The van der Waals surface area contributed by atoms with Crippen LogP contribution in [0.2, 0.25) is 0 Å². The molecule has 1 unspecified atom stereocenters. The first-order valence-corrected chi connectivity index (χ1v) is 7.32. The summed E-state index contributed by atoms with van der Waals surface area (Å²) in [5.41, 5.74) is 6.42. The van der Waals surface area contributed by atoms with Crippen LogP contribution in [0, 0.1) is 5.41 Å². The molecule has 1 saturated heterocycles. The zero-order valence-electron chi connectivity index (χ0n) is 11.3. The number of ether oxygens (including phenoxy) is 1. The smallest absolute Gasteiger partial charge is 0.0699 e. The highest BCUT2D eigenvalue weighted by Gasteiger charge is 2.35. The van der Waals surface area contributed by atoms with Gasteiger partial charge in [0.05, 0.1) is 6.10 Å². The molecular weight excluding hydrogens is 212 g/mol. The summed E-state index contributed by atoms with van der Waals surface area (Å²) in [6.45, 7) is 7.60. The maximum Gasteiger partial charge on any atom is 0.0699 e. The molecule has 0 radical (unpaired) electrons. The van der Waals surface area contributed by atoms with E-state index in [4.69, 9.17) is 10.5 Å². The molecule has 2 fully saturated rings. The lowest BCUT2D eigenvalue weighted by atomic mass is 9.66. The van der Waals surface area contributed by atoms with E-state index < -0.39 is 0 Å². The van der Waals surface area contributed by atoms with E-state index in [-0.39, 0.29) is 0 Å². The first-order chi connectivity index (χ1) is 8.28. The Bertz CT molecular complexity index is 223. The molecule has 0 bridgehead atoms. The van der Waals surface area contributed by atoms with Crippen molar-refractivity contribution in [1.29, 1.82) is 0 Å². The second-order valence-corrected chi connectivity index (χ2v) is 5.86. The Labute approximate surface area is 106 Å². The molecule has 0 aromatic rings. The van der Waals surface area contributed by atoms with Crippen molar-refractivity contribution in [3.8, 4) is 0 Å². The molecule has 2 aliphatic rings. The second-order valence-electron chi connectivity index (χ2n) is 5.86. The number of rotatable bonds is 5. The lowest BCUT2D eigenvalue weighted by Gasteiger charge is -2.42. The van der Waals surface area contributed by atoms with Crippen LogP contribution >= 0.6 is 0 Å².